The minimum Gasteiger partial charge on any atom is -0.493 e. The average Bonchev–Trinajstić information content (AvgIpc) is 2.53. The number of ether oxygens (including phenoxy) is 2. The van der Waals surface area contributed by atoms with Gasteiger partial charge >= 0.3 is 0 Å². The normalized spacial score (nSPS) is 18.4. The topological polar surface area (TPSA) is 64.8 Å². The quantitative estimate of drug-likeness (QED) is 0.866. The smallest absolute Gasteiger partial charge is 0.256 e. The minimum absolute atomic E-state index is 0.0217. The fourth-order valence-electron chi connectivity index (χ4n) is 2.83. The first-order valence-electron chi connectivity index (χ1n) is 7.41. The molecule has 0 radical (unpaired) electrons. The van der Waals surface area contributed by atoms with E-state index in [-0.39, 0.29) is 5.91 Å². The predicted octanol–water partition coefficient (Wildman–Crippen LogP) is 2.55. The maximum absolute atomic E-state index is 12.7. The third-order valence-corrected chi connectivity index (χ3v) is 4.17. The molecule has 116 valence electrons. The molecule has 2 rings (SSSR count). The zero-order valence-electron chi connectivity index (χ0n) is 13.0. The van der Waals surface area contributed by atoms with Crippen molar-refractivity contribution in [3.63, 3.8) is 0 Å². The Hall–Kier alpha value is -1.91. The molecule has 1 unspecified atom stereocenters. The third kappa shape index (κ3) is 3.23. The van der Waals surface area contributed by atoms with Gasteiger partial charge in [-0.05, 0) is 24.8 Å². The molecule has 1 fully saturated rings. The summed E-state index contributed by atoms with van der Waals surface area (Å²) >= 11 is 0. The molecule has 1 saturated heterocycles. The van der Waals surface area contributed by atoms with Crippen molar-refractivity contribution in [3.05, 3.63) is 17.7 Å². The van der Waals surface area contributed by atoms with Gasteiger partial charge < -0.3 is 20.1 Å². The predicted molar refractivity (Wildman–Crippen MR) is 82.9 cm³/mol. The molecule has 1 aliphatic heterocycles. The van der Waals surface area contributed by atoms with E-state index in [4.69, 9.17) is 15.2 Å². The van der Waals surface area contributed by atoms with Crippen molar-refractivity contribution >= 4 is 11.6 Å². The molecule has 0 aromatic heterocycles. The SMILES string of the molecule is CCC1CCCN(C(=O)c2cc(OC)c(OC)cc2N)C1. The van der Waals surface area contributed by atoms with Crippen LogP contribution in [0.5, 0.6) is 11.5 Å². The van der Waals surface area contributed by atoms with Crippen molar-refractivity contribution in [2.45, 2.75) is 26.2 Å². The molecule has 5 heteroatoms. The molecule has 21 heavy (non-hydrogen) atoms. The number of carbonyl (C=O) groups excluding carboxylic acids is 1. The number of amides is 1. The molecular weight excluding hydrogens is 268 g/mol. The summed E-state index contributed by atoms with van der Waals surface area (Å²) in [5, 5.41) is 0. The van der Waals surface area contributed by atoms with Gasteiger partial charge in [-0.2, -0.15) is 0 Å². The first kappa shape index (κ1) is 15.5. The van der Waals surface area contributed by atoms with Crippen LogP contribution in [0.3, 0.4) is 0 Å². The lowest BCUT2D eigenvalue weighted by Gasteiger charge is -2.32. The van der Waals surface area contributed by atoms with Crippen molar-refractivity contribution < 1.29 is 14.3 Å². The Morgan fingerprint density at radius 2 is 2.00 bits per heavy atom. The number of anilines is 1. The standard InChI is InChI=1S/C16H24N2O3/c1-4-11-6-5-7-18(10-11)16(19)12-8-14(20-2)15(21-3)9-13(12)17/h8-9,11H,4-7,10,17H2,1-3H3. The molecule has 1 aliphatic rings. The van der Waals surface area contributed by atoms with Crippen LogP contribution < -0.4 is 15.2 Å². The molecular formula is C16H24N2O3. The lowest BCUT2D eigenvalue weighted by Crippen LogP contribution is -2.40. The Labute approximate surface area is 126 Å². The van der Waals surface area contributed by atoms with Gasteiger partial charge in [-0.25, -0.2) is 0 Å². The average molecular weight is 292 g/mol. The van der Waals surface area contributed by atoms with E-state index in [0.717, 1.165) is 25.9 Å². The highest BCUT2D eigenvalue weighted by Gasteiger charge is 2.25. The maximum atomic E-state index is 12.7. The van der Waals surface area contributed by atoms with E-state index in [2.05, 4.69) is 6.92 Å². The van der Waals surface area contributed by atoms with Crippen molar-refractivity contribution in [2.75, 3.05) is 33.0 Å². The molecule has 0 aliphatic carbocycles. The number of piperidine rings is 1. The van der Waals surface area contributed by atoms with E-state index in [9.17, 15) is 4.79 Å². The summed E-state index contributed by atoms with van der Waals surface area (Å²) < 4.78 is 10.5. The Morgan fingerprint density at radius 1 is 1.33 bits per heavy atom. The summed E-state index contributed by atoms with van der Waals surface area (Å²) in [6.45, 7) is 3.77. The van der Waals surface area contributed by atoms with Crippen LogP contribution in [0.2, 0.25) is 0 Å². The van der Waals surface area contributed by atoms with Gasteiger partial charge in [0.05, 0.1) is 19.8 Å². The number of carbonyl (C=O) groups is 1. The highest BCUT2D eigenvalue weighted by Crippen LogP contribution is 2.33. The number of likely N-dealkylation sites (tertiary alicyclic amines) is 1. The Morgan fingerprint density at radius 3 is 2.62 bits per heavy atom. The summed E-state index contributed by atoms with van der Waals surface area (Å²) in [7, 11) is 3.10. The highest BCUT2D eigenvalue weighted by molar-refractivity contribution is 6.00. The lowest BCUT2D eigenvalue weighted by atomic mass is 9.95. The molecule has 0 saturated carbocycles. The summed E-state index contributed by atoms with van der Waals surface area (Å²) in [4.78, 5) is 14.6. The van der Waals surface area contributed by atoms with Crippen LogP contribution in [0.25, 0.3) is 0 Å². The van der Waals surface area contributed by atoms with Gasteiger partial charge in [-0.1, -0.05) is 13.3 Å². The first-order valence-corrected chi connectivity index (χ1v) is 7.41. The summed E-state index contributed by atoms with van der Waals surface area (Å²) in [5.74, 6) is 1.63. The number of nitrogens with two attached hydrogens (primary N) is 1. The molecule has 2 N–H and O–H groups in total. The van der Waals surface area contributed by atoms with Gasteiger partial charge in [0, 0.05) is 24.8 Å². The Kier molecular flexibility index (Phi) is 4.94. The van der Waals surface area contributed by atoms with Gasteiger partial charge in [0.15, 0.2) is 11.5 Å². The number of nitrogen functional groups attached to an aromatic ring is 1. The fraction of sp³-hybridized carbons (Fsp3) is 0.562. The summed E-state index contributed by atoms with van der Waals surface area (Å²) in [5.41, 5.74) is 6.93. The Bertz CT molecular complexity index is 516. The van der Waals surface area contributed by atoms with E-state index >= 15 is 0 Å². The van der Waals surface area contributed by atoms with E-state index in [0.29, 0.717) is 28.7 Å². The monoisotopic (exact) mass is 292 g/mol. The van der Waals surface area contributed by atoms with Crippen LogP contribution in [0, 0.1) is 5.92 Å². The fourth-order valence-corrected chi connectivity index (χ4v) is 2.83. The number of methoxy groups -OCH3 is 2. The van der Waals surface area contributed by atoms with Gasteiger partial charge in [0.2, 0.25) is 0 Å². The highest BCUT2D eigenvalue weighted by atomic mass is 16.5. The van der Waals surface area contributed by atoms with Crippen LogP contribution in [-0.2, 0) is 0 Å². The maximum Gasteiger partial charge on any atom is 0.256 e. The van der Waals surface area contributed by atoms with Crippen LogP contribution in [-0.4, -0.2) is 38.1 Å². The van der Waals surface area contributed by atoms with Crippen LogP contribution in [0.1, 0.15) is 36.5 Å². The number of rotatable bonds is 4. The number of hydrogen-bond donors (Lipinski definition) is 1. The largest absolute Gasteiger partial charge is 0.493 e. The van der Waals surface area contributed by atoms with Crippen LogP contribution >= 0.6 is 0 Å². The second kappa shape index (κ2) is 6.70. The molecule has 0 spiro atoms. The molecule has 0 bridgehead atoms. The molecule has 1 aromatic carbocycles. The molecule has 5 nitrogen and oxygen atoms in total. The van der Waals surface area contributed by atoms with Gasteiger partial charge in [0.1, 0.15) is 0 Å². The van der Waals surface area contributed by atoms with Gasteiger partial charge in [0.25, 0.3) is 5.91 Å². The second-order valence-electron chi connectivity index (χ2n) is 5.46. The lowest BCUT2D eigenvalue weighted by molar-refractivity contribution is 0.0672. The van der Waals surface area contributed by atoms with E-state index in [1.807, 2.05) is 4.90 Å². The van der Waals surface area contributed by atoms with E-state index in [1.165, 1.54) is 6.42 Å². The van der Waals surface area contributed by atoms with Gasteiger partial charge in [-0.3, -0.25) is 4.79 Å². The van der Waals surface area contributed by atoms with E-state index < -0.39 is 0 Å². The number of hydrogen-bond acceptors (Lipinski definition) is 4. The van der Waals surface area contributed by atoms with Crippen molar-refractivity contribution in [3.8, 4) is 11.5 Å². The molecule has 1 aromatic rings. The summed E-state index contributed by atoms with van der Waals surface area (Å²) in [6, 6.07) is 3.32. The van der Waals surface area contributed by atoms with Crippen molar-refractivity contribution in [1.29, 1.82) is 0 Å². The van der Waals surface area contributed by atoms with Crippen LogP contribution in [0.15, 0.2) is 12.1 Å². The first-order chi connectivity index (χ1) is 10.1. The zero-order valence-corrected chi connectivity index (χ0v) is 13.0. The van der Waals surface area contributed by atoms with Crippen molar-refractivity contribution in [2.24, 2.45) is 5.92 Å². The second-order valence-corrected chi connectivity index (χ2v) is 5.46. The van der Waals surface area contributed by atoms with Crippen molar-refractivity contribution in [1.82, 2.24) is 4.90 Å². The number of nitrogens with zero attached hydrogens (tertiary/aromatic N) is 1. The zero-order chi connectivity index (χ0) is 15.4. The van der Waals surface area contributed by atoms with Gasteiger partial charge in [-0.15, -0.1) is 0 Å². The summed E-state index contributed by atoms with van der Waals surface area (Å²) in [6.07, 6.45) is 3.35. The molecule has 1 heterocycles. The molecule has 1 atom stereocenters. The number of benzene rings is 1. The molecule has 1 amide bonds. The Balaban J connectivity index is 2.26. The van der Waals surface area contributed by atoms with Crippen LogP contribution in [0.4, 0.5) is 5.69 Å². The third-order valence-electron chi connectivity index (χ3n) is 4.17. The van der Waals surface area contributed by atoms with E-state index in [1.54, 1.807) is 26.4 Å². The minimum atomic E-state index is -0.0217.